The summed E-state index contributed by atoms with van der Waals surface area (Å²) in [5, 5.41) is 3.39. The number of carbonyl (C=O) groups is 1. The van der Waals surface area contributed by atoms with Crippen LogP contribution in [0.3, 0.4) is 0 Å². The van der Waals surface area contributed by atoms with Crippen molar-refractivity contribution in [2.45, 2.75) is 0 Å². The zero-order chi connectivity index (χ0) is 10.4. The Morgan fingerprint density at radius 1 is 1.36 bits per heavy atom. The molecule has 1 aromatic rings. The minimum atomic E-state index is -0.621. The first kappa shape index (κ1) is 9.97. The van der Waals surface area contributed by atoms with Crippen LogP contribution in [-0.4, -0.2) is 18.1 Å². The lowest BCUT2D eigenvalue weighted by molar-refractivity contribution is 0.217. The van der Waals surface area contributed by atoms with Crippen LogP contribution >= 0.6 is 0 Å². The van der Waals surface area contributed by atoms with Crippen LogP contribution in [0.4, 0.5) is 10.5 Å². The van der Waals surface area contributed by atoms with Crippen LogP contribution in [0.5, 0.6) is 0 Å². The lowest BCUT2D eigenvalue weighted by atomic mass is 10.3. The molecular weight excluding hydrogens is 184 g/mol. The van der Waals surface area contributed by atoms with E-state index in [1.165, 1.54) is 7.05 Å². The normalized spacial score (nSPS) is 8.93. The third kappa shape index (κ3) is 2.74. The van der Waals surface area contributed by atoms with Crippen LogP contribution in [0.1, 0.15) is 0 Å². The Kier molecular flexibility index (Phi) is 3.42. The number of hydrazine groups is 1. The molecule has 14 heavy (non-hydrogen) atoms. The van der Waals surface area contributed by atoms with Crippen LogP contribution in [0, 0.1) is 4.91 Å². The molecule has 0 atom stereocenters. The molecule has 1 rings (SSSR count). The van der Waals surface area contributed by atoms with Gasteiger partial charge in [-0.3, -0.25) is 5.43 Å². The molecule has 0 aliphatic rings. The van der Waals surface area contributed by atoms with Crippen LogP contribution in [0.15, 0.2) is 35.6 Å². The van der Waals surface area contributed by atoms with Gasteiger partial charge in [0, 0.05) is 7.05 Å². The topological polar surface area (TPSA) is 73.8 Å². The van der Waals surface area contributed by atoms with E-state index in [1.54, 1.807) is 17.6 Å². The number of nitroso groups, excluding NO2 is 1. The predicted molar refractivity (Wildman–Crippen MR) is 52.2 cm³/mol. The molecule has 0 saturated heterocycles. The zero-order valence-electron chi connectivity index (χ0n) is 7.60. The van der Waals surface area contributed by atoms with Crippen LogP contribution < -0.4 is 10.9 Å². The second-order valence-electron chi connectivity index (χ2n) is 2.55. The monoisotopic (exact) mass is 194 g/mol. The first-order valence-electron chi connectivity index (χ1n) is 3.92. The Labute approximate surface area is 80.8 Å². The van der Waals surface area contributed by atoms with Crippen molar-refractivity contribution in [3.05, 3.63) is 35.2 Å². The van der Waals surface area contributed by atoms with Crippen molar-refractivity contribution in [2.24, 2.45) is 5.29 Å². The molecule has 6 heteroatoms. The summed E-state index contributed by atoms with van der Waals surface area (Å²) in [5.41, 5.74) is 5.25. The number of benzene rings is 1. The van der Waals surface area contributed by atoms with Gasteiger partial charge in [-0.15, -0.1) is 4.91 Å². The molecule has 0 unspecified atom stereocenters. The number of hydrogen-bond acceptors (Lipinski definition) is 4. The van der Waals surface area contributed by atoms with Crippen LogP contribution in [0.25, 0.3) is 0 Å². The zero-order valence-corrected chi connectivity index (χ0v) is 7.60. The average molecular weight is 194 g/mol. The van der Waals surface area contributed by atoms with E-state index in [0.29, 0.717) is 0 Å². The van der Waals surface area contributed by atoms with Crippen LogP contribution in [-0.2, 0) is 0 Å². The maximum Gasteiger partial charge on any atom is 0.358 e. The van der Waals surface area contributed by atoms with Gasteiger partial charge in [-0.25, -0.2) is 9.80 Å². The molecule has 0 spiro atoms. The van der Waals surface area contributed by atoms with Crippen molar-refractivity contribution in [2.75, 3.05) is 12.5 Å². The smallest absolute Gasteiger partial charge is 0.295 e. The standard InChI is InChI=1S/C8H10N4O2/c1-12(8(13)9-11-14)10-7-5-3-2-4-6-7/h2-6,10H,1H3,(H,9,13,14). The number of para-hydroxylation sites is 1. The number of urea groups is 1. The van der Waals surface area contributed by atoms with E-state index >= 15 is 0 Å². The van der Waals surface area contributed by atoms with E-state index in [1.807, 2.05) is 18.2 Å². The number of nitrogens with one attached hydrogen (secondary N) is 2. The van der Waals surface area contributed by atoms with E-state index < -0.39 is 6.03 Å². The van der Waals surface area contributed by atoms with E-state index in [4.69, 9.17) is 0 Å². The minimum Gasteiger partial charge on any atom is -0.295 e. The number of rotatable bonds is 3. The molecule has 0 aliphatic carbocycles. The molecule has 2 N–H and O–H groups in total. The highest BCUT2D eigenvalue weighted by molar-refractivity contribution is 5.74. The maximum atomic E-state index is 11.0. The summed E-state index contributed by atoms with van der Waals surface area (Å²) in [5.74, 6) is 0. The highest BCUT2D eigenvalue weighted by Crippen LogP contribution is 2.05. The molecule has 6 nitrogen and oxygen atoms in total. The van der Waals surface area contributed by atoms with E-state index in [2.05, 4.69) is 10.7 Å². The number of hydrogen-bond donors (Lipinski definition) is 2. The van der Waals surface area contributed by atoms with Gasteiger partial charge in [0.2, 0.25) is 0 Å². The molecule has 0 aromatic heterocycles. The lowest BCUT2D eigenvalue weighted by Crippen LogP contribution is -2.38. The highest BCUT2D eigenvalue weighted by atomic mass is 16.3. The molecule has 0 fully saturated rings. The van der Waals surface area contributed by atoms with Gasteiger partial charge in [0.15, 0.2) is 0 Å². The van der Waals surface area contributed by atoms with Gasteiger partial charge >= 0.3 is 6.03 Å². The Bertz CT molecular complexity index is 314. The van der Waals surface area contributed by atoms with E-state index in [-0.39, 0.29) is 0 Å². The number of anilines is 1. The van der Waals surface area contributed by atoms with Crippen molar-refractivity contribution >= 4 is 11.7 Å². The van der Waals surface area contributed by atoms with Gasteiger partial charge in [0.25, 0.3) is 0 Å². The maximum absolute atomic E-state index is 11.0. The van der Waals surface area contributed by atoms with Crippen molar-refractivity contribution in [3.8, 4) is 0 Å². The second kappa shape index (κ2) is 4.80. The fourth-order valence-electron chi connectivity index (χ4n) is 0.871. The predicted octanol–water partition coefficient (Wildman–Crippen LogP) is 1.34. The lowest BCUT2D eigenvalue weighted by Gasteiger charge is -2.17. The fraction of sp³-hybridized carbons (Fsp3) is 0.125. The SMILES string of the molecule is CN(Nc1ccccc1)C(=O)NN=O. The number of carbonyl (C=O) groups excluding carboxylic acids is 1. The van der Waals surface area contributed by atoms with E-state index in [9.17, 15) is 9.70 Å². The van der Waals surface area contributed by atoms with Crippen molar-refractivity contribution in [3.63, 3.8) is 0 Å². The molecule has 0 aliphatic heterocycles. The van der Waals surface area contributed by atoms with E-state index in [0.717, 1.165) is 10.7 Å². The number of amides is 2. The Balaban J connectivity index is 2.52. The van der Waals surface area contributed by atoms with Crippen molar-refractivity contribution < 1.29 is 4.79 Å². The van der Waals surface area contributed by atoms with Gasteiger partial charge in [-0.1, -0.05) is 18.2 Å². The second-order valence-corrected chi connectivity index (χ2v) is 2.55. The summed E-state index contributed by atoms with van der Waals surface area (Å²) in [6.07, 6.45) is 0. The van der Waals surface area contributed by atoms with Gasteiger partial charge in [-0.2, -0.15) is 5.43 Å². The first-order valence-corrected chi connectivity index (χ1v) is 3.92. The van der Waals surface area contributed by atoms with Gasteiger partial charge in [-0.05, 0) is 12.1 Å². The summed E-state index contributed by atoms with van der Waals surface area (Å²) < 4.78 is 0. The summed E-state index contributed by atoms with van der Waals surface area (Å²) in [7, 11) is 1.48. The molecule has 74 valence electrons. The molecule has 0 bridgehead atoms. The summed E-state index contributed by atoms with van der Waals surface area (Å²) in [6, 6.07) is 8.47. The number of nitrogens with zero attached hydrogens (tertiary/aromatic N) is 2. The third-order valence-corrected chi connectivity index (χ3v) is 1.52. The average Bonchev–Trinajstić information content (AvgIpc) is 2.19. The minimum absolute atomic E-state index is 0.621. The van der Waals surface area contributed by atoms with Crippen molar-refractivity contribution in [1.82, 2.24) is 10.4 Å². The summed E-state index contributed by atoms with van der Waals surface area (Å²) >= 11 is 0. The quantitative estimate of drug-likeness (QED) is 0.563. The largest absolute Gasteiger partial charge is 0.358 e. The third-order valence-electron chi connectivity index (χ3n) is 1.52. The first-order chi connectivity index (χ1) is 6.74. The fourth-order valence-corrected chi connectivity index (χ4v) is 0.871. The molecule has 0 saturated carbocycles. The van der Waals surface area contributed by atoms with Gasteiger partial charge < -0.3 is 0 Å². The highest BCUT2D eigenvalue weighted by Gasteiger charge is 2.06. The molecule has 0 radical (unpaired) electrons. The van der Waals surface area contributed by atoms with Gasteiger partial charge in [0.1, 0.15) is 0 Å². The molecule has 0 heterocycles. The van der Waals surface area contributed by atoms with Crippen LogP contribution in [0.2, 0.25) is 0 Å². The summed E-state index contributed by atoms with van der Waals surface area (Å²) in [6.45, 7) is 0. The van der Waals surface area contributed by atoms with Crippen molar-refractivity contribution in [1.29, 1.82) is 0 Å². The summed E-state index contributed by atoms with van der Waals surface area (Å²) in [4.78, 5) is 20.7. The molecule has 2 amide bonds. The Hall–Kier alpha value is -2.11. The van der Waals surface area contributed by atoms with Gasteiger partial charge in [0.05, 0.1) is 11.0 Å². The Morgan fingerprint density at radius 3 is 2.57 bits per heavy atom. The Morgan fingerprint density at radius 2 is 2.00 bits per heavy atom. The molecule has 1 aromatic carbocycles. The molecular formula is C8H10N4O2.